The summed E-state index contributed by atoms with van der Waals surface area (Å²) in [7, 11) is 0. The first-order valence-electron chi connectivity index (χ1n) is 7.66. The Bertz CT molecular complexity index is 253. The van der Waals surface area contributed by atoms with Crippen molar-refractivity contribution in [3.8, 4) is 0 Å². The lowest BCUT2D eigenvalue weighted by Crippen LogP contribution is -2.30. The molecule has 0 saturated heterocycles. The zero-order valence-electron chi connectivity index (χ0n) is 12.5. The van der Waals surface area contributed by atoms with Crippen molar-refractivity contribution >= 4 is 5.91 Å². The van der Waals surface area contributed by atoms with Crippen LogP contribution in [0.4, 0.5) is 0 Å². The molecule has 1 saturated carbocycles. The molecule has 1 rings (SSSR count). The molecule has 4 nitrogen and oxygen atoms in total. The second-order valence-electron chi connectivity index (χ2n) is 6.16. The Balaban J connectivity index is 1.95. The highest BCUT2D eigenvalue weighted by Gasteiger charge is 2.20. The standard InChI is InChI=1S/C15H30N2O2/c1-12(2)8-14(10-16)9-15(18)17-6-3-7-19-11-13-4-5-13/h12-14H,3-11,16H2,1-2H3,(H,17,18)/t14-/m0/s1. The first kappa shape index (κ1) is 16.4. The van der Waals surface area contributed by atoms with E-state index in [4.69, 9.17) is 10.5 Å². The van der Waals surface area contributed by atoms with E-state index in [2.05, 4.69) is 19.2 Å². The molecule has 0 aliphatic heterocycles. The van der Waals surface area contributed by atoms with Gasteiger partial charge in [0.2, 0.25) is 5.91 Å². The minimum Gasteiger partial charge on any atom is -0.381 e. The van der Waals surface area contributed by atoms with Gasteiger partial charge in [-0.2, -0.15) is 0 Å². The van der Waals surface area contributed by atoms with Crippen LogP contribution < -0.4 is 11.1 Å². The fourth-order valence-corrected chi connectivity index (χ4v) is 2.20. The average molecular weight is 270 g/mol. The van der Waals surface area contributed by atoms with Gasteiger partial charge in [0.1, 0.15) is 0 Å². The Hall–Kier alpha value is -0.610. The van der Waals surface area contributed by atoms with E-state index in [-0.39, 0.29) is 5.91 Å². The van der Waals surface area contributed by atoms with Crippen LogP contribution in [-0.4, -0.2) is 32.2 Å². The molecular formula is C15H30N2O2. The van der Waals surface area contributed by atoms with Gasteiger partial charge in [-0.05, 0) is 50.0 Å². The molecule has 1 amide bonds. The molecule has 0 aromatic heterocycles. The van der Waals surface area contributed by atoms with Gasteiger partial charge >= 0.3 is 0 Å². The van der Waals surface area contributed by atoms with E-state index in [1.54, 1.807) is 0 Å². The van der Waals surface area contributed by atoms with E-state index in [1.165, 1.54) is 12.8 Å². The van der Waals surface area contributed by atoms with Crippen molar-refractivity contribution in [2.75, 3.05) is 26.3 Å². The Morgan fingerprint density at radius 2 is 2.16 bits per heavy atom. The monoisotopic (exact) mass is 270 g/mol. The van der Waals surface area contributed by atoms with Gasteiger partial charge in [0.15, 0.2) is 0 Å². The normalized spacial score (nSPS) is 16.6. The van der Waals surface area contributed by atoms with Gasteiger partial charge in [0.25, 0.3) is 0 Å². The average Bonchev–Trinajstić information content (AvgIpc) is 3.16. The molecule has 0 aromatic carbocycles. The number of nitrogens with two attached hydrogens (primary N) is 1. The number of nitrogens with one attached hydrogen (secondary N) is 1. The quantitative estimate of drug-likeness (QED) is 0.564. The van der Waals surface area contributed by atoms with E-state index in [1.807, 2.05) is 0 Å². The van der Waals surface area contributed by atoms with E-state index in [0.29, 0.717) is 31.3 Å². The Kier molecular flexibility index (Phi) is 8.07. The van der Waals surface area contributed by atoms with Crippen molar-refractivity contribution in [1.82, 2.24) is 5.32 Å². The summed E-state index contributed by atoms with van der Waals surface area (Å²) < 4.78 is 5.52. The van der Waals surface area contributed by atoms with Crippen LogP contribution in [0.15, 0.2) is 0 Å². The maximum absolute atomic E-state index is 11.7. The van der Waals surface area contributed by atoms with Crippen molar-refractivity contribution in [3.63, 3.8) is 0 Å². The highest BCUT2D eigenvalue weighted by atomic mass is 16.5. The molecule has 0 bridgehead atoms. The fraction of sp³-hybridized carbons (Fsp3) is 0.933. The number of hydrogen-bond donors (Lipinski definition) is 2. The van der Waals surface area contributed by atoms with Gasteiger partial charge in [0, 0.05) is 26.2 Å². The van der Waals surface area contributed by atoms with Crippen LogP contribution in [0.3, 0.4) is 0 Å². The molecule has 0 unspecified atom stereocenters. The first-order valence-corrected chi connectivity index (χ1v) is 7.66. The predicted molar refractivity (Wildman–Crippen MR) is 77.8 cm³/mol. The topological polar surface area (TPSA) is 64.4 Å². The molecule has 4 heteroatoms. The lowest BCUT2D eigenvalue weighted by molar-refractivity contribution is -0.122. The summed E-state index contributed by atoms with van der Waals surface area (Å²) >= 11 is 0. The second-order valence-corrected chi connectivity index (χ2v) is 6.16. The summed E-state index contributed by atoms with van der Waals surface area (Å²) in [4.78, 5) is 11.7. The summed E-state index contributed by atoms with van der Waals surface area (Å²) in [5, 5.41) is 2.95. The third-order valence-electron chi connectivity index (χ3n) is 3.45. The van der Waals surface area contributed by atoms with Crippen LogP contribution in [0.25, 0.3) is 0 Å². The van der Waals surface area contributed by atoms with Gasteiger partial charge in [0.05, 0.1) is 0 Å². The minimum atomic E-state index is 0.123. The molecule has 1 fully saturated rings. The summed E-state index contributed by atoms with van der Waals surface area (Å²) in [6, 6.07) is 0. The van der Waals surface area contributed by atoms with Crippen LogP contribution in [0, 0.1) is 17.8 Å². The molecule has 112 valence electrons. The molecule has 0 heterocycles. The van der Waals surface area contributed by atoms with Crippen molar-refractivity contribution in [3.05, 3.63) is 0 Å². The van der Waals surface area contributed by atoms with Crippen molar-refractivity contribution in [2.45, 2.75) is 46.0 Å². The van der Waals surface area contributed by atoms with E-state index in [9.17, 15) is 4.79 Å². The smallest absolute Gasteiger partial charge is 0.220 e. The van der Waals surface area contributed by atoms with E-state index >= 15 is 0 Å². The first-order chi connectivity index (χ1) is 9.11. The van der Waals surface area contributed by atoms with Crippen molar-refractivity contribution in [1.29, 1.82) is 0 Å². The van der Waals surface area contributed by atoms with Crippen LogP contribution >= 0.6 is 0 Å². The van der Waals surface area contributed by atoms with Crippen LogP contribution in [-0.2, 0) is 9.53 Å². The van der Waals surface area contributed by atoms with Gasteiger partial charge in [-0.1, -0.05) is 13.8 Å². The highest BCUT2D eigenvalue weighted by molar-refractivity contribution is 5.76. The van der Waals surface area contributed by atoms with Gasteiger partial charge < -0.3 is 15.8 Å². The molecule has 1 aliphatic rings. The van der Waals surface area contributed by atoms with Gasteiger partial charge in [-0.25, -0.2) is 0 Å². The number of ether oxygens (including phenoxy) is 1. The largest absolute Gasteiger partial charge is 0.381 e. The number of carbonyl (C=O) groups excluding carboxylic acids is 1. The summed E-state index contributed by atoms with van der Waals surface area (Å²) in [6.07, 6.45) is 5.13. The fourth-order valence-electron chi connectivity index (χ4n) is 2.20. The predicted octanol–water partition coefficient (Wildman–Crippen LogP) is 1.93. The second kappa shape index (κ2) is 9.32. The maximum Gasteiger partial charge on any atom is 0.220 e. The number of rotatable bonds is 11. The summed E-state index contributed by atoms with van der Waals surface area (Å²) in [5.41, 5.74) is 5.70. The Morgan fingerprint density at radius 1 is 1.42 bits per heavy atom. The van der Waals surface area contributed by atoms with Crippen molar-refractivity contribution < 1.29 is 9.53 Å². The molecule has 0 aromatic rings. The third-order valence-corrected chi connectivity index (χ3v) is 3.45. The Labute approximate surface area is 117 Å². The third kappa shape index (κ3) is 9.00. The lowest BCUT2D eigenvalue weighted by Gasteiger charge is -2.16. The van der Waals surface area contributed by atoms with Crippen LogP contribution in [0.2, 0.25) is 0 Å². The SMILES string of the molecule is CC(C)C[C@H](CN)CC(=O)NCCCOCC1CC1. The van der Waals surface area contributed by atoms with Crippen molar-refractivity contribution in [2.24, 2.45) is 23.5 Å². The number of hydrogen-bond acceptors (Lipinski definition) is 3. The van der Waals surface area contributed by atoms with Gasteiger partial charge in [-0.15, -0.1) is 0 Å². The summed E-state index contributed by atoms with van der Waals surface area (Å²) in [6.45, 7) is 7.29. The van der Waals surface area contributed by atoms with E-state index in [0.717, 1.165) is 32.0 Å². The van der Waals surface area contributed by atoms with Crippen LogP contribution in [0.1, 0.15) is 46.0 Å². The molecular weight excluding hydrogens is 240 g/mol. The van der Waals surface area contributed by atoms with Gasteiger partial charge in [-0.3, -0.25) is 4.79 Å². The molecule has 19 heavy (non-hydrogen) atoms. The Morgan fingerprint density at radius 3 is 2.74 bits per heavy atom. The number of carbonyl (C=O) groups is 1. The number of amides is 1. The molecule has 0 radical (unpaired) electrons. The van der Waals surface area contributed by atoms with E-state index < -0.39 is 0 Å². The maximum atomic E-state index is 11.7. The molecule has 1 aliphatic carbocycles. The highest BCUT2D eigenvalue weighted by Crippen LogP contribution is 2.28. The minimum absolute atomic E-state index is 0.123. The van der Waals surface area contributed by atoms with Crippen LogP contribution in [0.5, 0.6) is 0 Å². The summed E-state index contributed by atoms with van der Waals surface area (Å²) in [5.74, 6) is 1.84. The zero-order valence-corrected chi connectivity index (χ0v) is 12.5. The zero-order chi connectivity index (χ0) is 14.1. The molecule has 1 atom stereocenters. The molecule has 3 N–H and O–H groups in total. The lowest BCUT2D eigenvalue weighted by atomic mass is 9.94. The molecule has 0 spiro atoms.